The van der Waals surface area contributed by atoms with Gasteiger partial charge in [0.15, 0.2) is 4.80 Å². The first kappa shape index (κ1) is 24.2. The van der Waals surface area contributed by atoms with Gasteiger partial charge in [-0.15, -0.1) is 0 Å². The lowest BCUT2D eigenvalue weighted by Crippen LogP contribution is -2.40. The highest BCUT2D eigenvalue weighted by molar-refractivity contribution is 14.1. The first-order valence-corrected chi connectivity index (χ1v) is 12.4. The number of hydrogen-bond donors (Lipinski definition) is 0. The second kappa shape index (κ2) is 10.1. The van der Waals surface area contributed by atoms with Crippen molar-refractivity contribution in [1.82, 2.24) is 4.57 Å². The first-order chi connectivity index (χ1) is 16.4. The summed E-state index contributed by atoms with van der Waals surface area (Å²) >= 11 is 3.48. The van der Waals surface area contributed by atoms with Crippen LogP contribution in [0.5, 0.6) is 11.5 Å². The van der Waals surface area contributed by atoms with Crippen molar-refractivity contribution in [3.05, 3.63) is 88.1 Å². The van der Waals surface area contributed by atoms with Gasteiger partial charge in [0.2, 0.25) is 0 Å². The van der Waals surface area contributed by atoms with E-state index in [-0.39, 0.29) is 12.2 Å². The second-order valence-corrected chi connectivity index (χ2v) is 9.61. The van der Waals surface area contributed by atoms with Crippen molar-refractivity contribution in [3.8, 4) is 11.5 Å². The summed E-state index contributed by atoms with van der Waals surface area (Å²) in [4.78, 5) is 31.8. The zero-order valence-electron chi connectivity index (χ0n) is 19.1. The predicted molar refractivity (Wildman–Crippen MR) is 139 cm³/mol. The summed E-state index contributed by atoms with van der Waals surface area (Å²) in [5.41, 5.74) is 2.16. The Bertz CT molecular complexity index is 1470. The van der Waals surface area contributed by atoms with Crippen LogP contribution in [0.3, 0.4) is 0 Å². The molecule has 0 aliphatic carbocycles. The molecule has 2 heterocycles. The van der Waals surface area contributed by atoms with Crippen molar-refractivity contribution in [1.29, 1.82) is 0 Å². The van der Waals surface area contributed by atoms with Crippen LogP contribution >= 0.6 is 33.9 Å². The standard InChI is InChI=1S/C25H23IN2O5S/c1-5-33-24(30)21-14(2)27-25-28(22(21)16-8-6-7-9-18(16)31-3)23(29)20(34-25)13-15-10-11-19(32-4)17(26)12-15/h6-13,22H,5H2,1-4H3/b20-13-. The summed E-state index contributed by atoms with van der Waals surface area (Å²) in [5.74, 6) is 0.840. The van der Waals surface area contributed by atoms with Gasteiger partial charge in [0.25, 0.3) is 5.56 Å². The third-order valence-corrected chi connectivity index (χ3v) is 7.25. The van der Waals surface area contributed by atoms with Crippen LogP contribution in [0.4, 0.5) is 0 Å². The molecule has 3 aromatic rings. The van der Waals surface area contributed by atoms with E-state index in [2.05, 4.69) is 27.6 Å². The van der Waals surface area contributed by atoms with Crippen LogP contribution in [0.25, 0.3) is 6.08 Å². The molecule has 2 aromatic carbocycles. The van der Waals surface area contributed by atoms with E-state index >= 15 is 0 Å². The number of carbonyl (C=O) groups excluding carboxylic acids is 1. The van der Waals surface area contributed by atoms with Crippen molar-refractivity contribution in [2.24, 2.45) is 4.99 Å². The fourth-order valence-electron chi connectivity index (χ4n) is 3.90. The number of para-hydroxylation sites is 1. The number of allylic oxidation sites excluding steroid dienone is 1. The fourth-order valence-corrected chi connectivity index (χ4v) is 5.71. The third kappa shape index (κ3) is 4.41. The number of methoxy groups -OCH3 is 2. The van der Waals surface area contributed by atoms with E-state index in [1.165, 1.54) is 11.3 Å². The van der Waals surface area contributed by atoms with Crippen LogP contribution in [0, 0.1) is 3.57 Å². The van der Waals surface area contributed by atoms with Gasteiger partial charge in [0.1, 0.15) is 17.5 Å². The number of ether oxygens (including phenoxy) is 3. The van der Waals surface area contributed by atoms with Gasteiger partial charge in [0.05, 0.1) is 40.2 Å². The maximum Gasteiger partial charge on any atom is 0.338 e. The Kier molecular flexibility index (Phi) is 7.22. The quantitative estimate of drug-likeness (QED) is 0.325. The first-order valence-electron chi connectivity index (χ1n) is 10.6. The van der Waals surface area contributed by atoms with Crippen LogP contribution in [0.15, 0.2) is 63.5 Å². The van der Waals surface area contributed by atoms with Crippen molar-refractivity contribution in [3.63, 3.8) is 0 Å². The lowest BCUT2D eigenvalue weighted by atomic mass is 9.95. The minimum Gasteiger partial charge on any atom is -0.496 e. The van der Waals surface area contributed by atoms with E-state index < -0.39 is 12.0 Å². The van der Waals surface area contributed by atoms with Crippen LogP contribution in [-0.4, -0.2) is 31.4 Å². The summed E-state index contributed by atoms with van der Waals surface area (Å²) in [6, 6.07) is 12.3. The van der Waals surface area contributed by atoms with Crippen LogP contribution in [0.2, 0.25) is 0 Å². The van der Waals surface area contributed by atoms with Crippen LogP contribution < -0.4 is 24.4 Å². The molecule has 0 saturated heterocycles. The average Bonchev–Trinajstić information content (AvgIpc) is 3.12. The SMILES string of the molecule is CCOC(=O)C1=C(C)N=c2s/c(=C\c3ccc(OC)c(I)c3)c(=O)n2C1c1ccccc1OC. The lowest BCUT2D eigenvalue weighted by molar-refractivity contribution is -0.139. The molecule has 34 heavy (non-hydrogen) atoms. The molecule has 4 rings (SSSR count). The van der Waals surface area contributed by atoms with E-state index in [4.69, 9.17) is 14.2 Å². The van der Waals surface area contributed by atoms with Gasteiger partial charge in [-0.2, -0.15) is 0 Å². The monoisotopic (exact) mass is 590 g/mol. The molecule has 0 bridgehead atoms. The maximum absolute atomic E-state index is 13.7. The number of halogens is 1. The summed E-state index contributed by atoms with van der Waals surface area (Å²) in [7, 11) is 3.19. The zero-order chi connectivity index (χ0) is 24.4. The smallest absolute Gasteiger partial charge is 0.338 e. The number of rotatable bonds is 6. The molecule has 9 heteroatoms. The normalized spacial score (nSPS) is 15.6. The molecule has 0 N–H and O–H groups in total. The van der Waals surface area contributed by atoms with Crippen molar-refractivity contribution in [2.75, 3.05) is 20.8 Å². The molecule has 1 unspecified atom stereocenters. The summed E-state index contributed by atoms with van der Waals surface area (Å²) in [5, 5.41) is 0. The highest BCUT2D eigenvalue weighted by Gasteiger charge is 2.34. The van der Waals surface area contributed by atoms with E-state index in [1.54, 1.807) is 32.6 Å². The van der Waals surface area contributed by atoms with Gasteiger partial charge in [-0.25, -0.2) is 9.79 Å². The van der Waals surface area contributed by atoms with Gasteiger partial charge in [-0.05, 0) is 66.3 Å². The number of fused-ring (bicyclic) bond motifs is 1. The minimum atomic E-state index is -0.718. The molecule has 1 aliphatic heterocycles. The topological polar surface area (TPSA) is 79.1 Å². The third-order valence-electron chi connectivity index (χ3n) is 5.42. The fraction of sp³-hybridized carbons (Fsp3) is 0.240. The van der Waals surface area contributed by atoms with Gasteiger partial charge < -0.3 is 14.2 Å². The molecule has 176 valence electrons. The molecule has 0 amide bonds. The highest BCUT2D eigenvalue weighted by Crippen LogP contribution is 2.35. The molecule has 1 aliphatic rings. The van der Waals surface area contributed by atoms with Gasteiger partial charge in [0, 0.05) is 5.56 Å². The minimum absolute atomic E-state index is 0.217. The Morgan fingerprint density at radius 2 is 1.91 bits per heavy atom. The van der Waals surface area contributed by atoms with Crippen molar-refractivity contribution < 1.29 is 19.0 Å². The second-order valence-electron chi connectivity index (χ2n) is 7.44. The summed E-state index contributed by atoms with van der Waals surface area (Å²) in [6.45, 7) is 3.73. The highest BCUT2D eigenvalue weighted by atomic mass is 127. The predicted octanol–water partition coefficient (Wildman–Crippen LogP) is 3.42. The van der Waals surface area contributed by atoms with E-state index in [0.29, 0.717) is 31.9 Å². The van der Waals surface area contributed by atoms with Crippen LogP contribution in [-0.2, 0) is 9.53 Å². The molecule has 0 fully saturated rings. The number of nitrogens with zero attached hydrogens (tertiary/aromatic N) is 2. The van der Waals surface area contributed by atoms with E-state index in [1.807, 2.05) is 48.5 Å². The molecular formula is C25H23IN2O5S. The Morgan fingerprint density at radius 1 is 1.18 bits per heavy atom. The summed E-state index contributed by atoms with van der Waals surface area (Å²) < 4.78 is 19.3. The number of esters is 1. The molecule has 7 nitrogen and oxygen atoms in total. The van der Waals surface area contributed by atoms with E-state index in [9.17, 15) is 9.59 Å². The number of thiazole rings is 1. The lowest BCUT2D eigenvalue weighted by Gasteiger charge is -2.25. The van der Waals surface area contributed by atoms with Crippen molar-refractivity contribution >= 4 is 46.0 Å². The summed E-state index contributed by atoms with van der Waals surface area (Å²) in [6.07, 6.45) is 1.83. The Labute approximate surface area is 214 Å². The maximum atomic E-state index is 13.7. The Hall–Kier alpha value is -2.92. The molecular weight excluding hydrogens is 567 g/mol. The number of aromatic nitrogens is 1. The molecule has 0 saturated carbocycles. The van der Waals surface area contributed by atoms with Gasteiger partial charge >= 0.3 is 5.97 Å². The van der Waals surface area contributed by atoms with Gasteiger partial charge in [-0.3, -0.25) is 9.36 Å². The van der Waals surface area contributed by atoms with Crippen LogP contribution in [0.1, 0.15) is 31.0 Å². The number of hydrogen-bond acceptors (Lipinski definition) is 7. The molecule has 0 radical (unpaired) electrons. The molecule has 1 atom stereocenters. The Morgan fingerprint density at radius 3 is 2.59 bits per heavy atom. The average molecular weight is 590 g/mol. The van der Waals surface area contributed by atoms with Crippen molar-refractivity contribution in [2.45, 2.75) is 19.9 Å². The van der Waals surface area contributed by atoms with Gasteiger partial charge in [-0.1, -0.05) is 35.6 Å². The zero-order valence-corrected chi connectivity index (χ0v) is 22.1. The largest absolute Gasteiger partial charge is 0.496 e. The van der Waals surface area contributed by atoms with E-state index in [0.717, 1.165) is 14.9 Å². The molecule has 0 spiro atoms. The number of benzene rings is 2. The molecule has 1 aromatic heterocycles. The Balaban J connectivity index is 1.96. The number of carbonyl (C=O) groups is 1.